The van der Waals surface area contributed by atoms with Gasteiger partial charge in [-0.1, -0.05) is 13.0 Å². The van der Waals surface area contributed by atoms with Crippen molar-refractivity contribution in [2.75, 3.05) is 13.1 Å². The summed E-state index contributed by atoms with van der Waals surface area (Å²) in [7, 11) is -3.62. The fourth-order valence-electron chi connectivity index (χ4n) is 3.04. The third kappa shape index (κ3) is 4.03. The number of carbonyl (C=O) groups excluding carboxylic acids is 1. The van der Waals surface area contributed by atoms with Crippen LogP contribution in [-0.2, 0) is 14.8 Å². The number of rotatable bonds is 5. The molecule has 0 aliphatic carbocycles. The number of benzene rings is 1. The molecule has 0 bridgehead atoms. The molecule has 1 atom stereocenters. The van der Waals surface area contributed by atoms with Crippen molar-refractivity contribution in [3.05, 3.63) is 55.4 Å². The van der Waals surface area contributed by atoms with Gasteiger partial charge in [-0.05, 0) is 49.2 Å². The van der Waals surface area contributed by atoms with E-state index in [0.717, 1.165) is 24.9 Å². The first kappa shape index (κ1) is 18.3. The van der Waals surface area contributed by atoms with Crippen molar-refractivity contribution < 1.29 is 13.2 Å². The molecule has 1 aromatic heterocycles. The molecular formula is C18H22N4O3S. The van der Waals surface area contributed by atoms with Crippen LogP contribution in [0.3, 0.4) is 0 Å². The monoisotopic (exact) mass is 374 g/mol. The van der Waals surface area contributed by atoms with Gasteiger partial charge in [0.25, 0.3) is 0 Å². The average molecular weight is 374 g/mol. The summed E-state index contributed by atoms with van der Waals surface area (Å²) in [6.07, 6.45) is 7.06. The zero-order chi connectivity index (χ0) is 18.6. The fourth-order valence-corrected chi connectivity index (χ4v) is 4.57. The number of hydrogen-bond donors (Lipinski definition) is 1. The lowest BCUT2D eigenvalue weighted by Crippen LogP contribution is -2.44. The number of carbonyl (C=O) groups is 1. The van der Waals surface area contributed by atoms with E-state index in [1.165, 1.54) is 10.4 Å². The van der Waals surface area contributed by atoms with Crippen molar-refractivity contribution in [3.63, 3.8) is 0 Å². The molecule has 7 nitrogen and oxygen atoms in total. The predicted octanol–water partition coefficient (Wildman–Crippen LogP) is 1.72. The van der Waals surface area contributed by atoms with Crippen LogP contribution in [0.15, 0.2) is 60.3 Å². The zero-order valence-corrected chi connectivity index (χ0v) is 15.2. The molecule has 0 radical (unpaired) electrons. The summed E-state index contributed by atoms with van der Waals surface area (Å²) in [6.45, 7) is 4.16. The molecule has 1 N–H and O–H groups in total. The molecule has 1 aliphatic rings. The van der Waals surface area contributed by atoms with Crippen LogP contribution in [0.2, 0.25) is 0 Å². The van der Waals surface area contributed by atoms with E-state index < -0.39 is 10.0 Å². The quantitative estimate of drug-likeness (QED) is 0.808. The smallest absolute Gasteiger partial charge is 0.243 e. The Balaban J connectivity index is 1.79. The maximum Gasteiger partial charge on any atom is 0.243 e. The molecule has 3 rings (SSSR count). The number of nitrogens with one attached hydrogen (secondary N) is 1. The predicted molar refractivity (Wildman–Crippen MR) is 98.3 cm³/mol. The van der Waals surface area contributed by atoms with E-state index in [1.807, 2.05) is 0 Å². The summed E-state index contributed by atoms with van der Waals surface area (Å²) in [4.78, 5) is 11.8. The van der Waals surface area contributed by atoms with E-state index in [1.54, 1.807) is 47.4 Å². The second-order valence-corrected chi connectivity index (χ2v) is 8.15. The Kier molecular flexibility index (Phi) is 5.53. The molecule has 1 aromatic carbocycles. The molecule has 0 spiro atoms. The topological polar surface area (TPSA) is 84.3 Å². The van der Waals surface area contributed by atoms with Gasteiger partial charge < -0.3 is 5.32 Å². The summed E-state index contributed by atoms with van der Waals surface area (Å²) in [5.41, 5.74) is 0.793. The number of aromatic nitrogens is 2. The van der Waals surface area contributed by atoms with E-state index >= 15 is 0 Å². The van der Waals surface area contributed by atoms with E-state index in [-0.39, 0.29) is 23.4 Å². The first-order valence-electron chi connectivity index (χ1n) is 8.54. The molecule has 138 valence electrons. The highest BCUT2D eigenvalue weighted by atomic mass is 32.2. The molecule has 2 heterocycles. The van der Waals surface area contributed by atoms with Crippen molar-refractivity contribution in [2.24, 2.45) is 0 Å². The fraction of sp³-hybridized carbons (Fsp3) is 0.333. The Labute approximate surface area is 153 Å². The van der Waals surface area contributed by atoms with Crippen LogP contribution in [0, 0.1) is 0 Å². The molecule has 2 aromatic rings. The standard InChI is InChI=1S/C18H22N4O3S/c1-2-18(23)20-15-6-3-4-12-21(14-15)26(24,25)17-9-7-16(8-10-17)22-13-5-11-19-22/h2,5,7-11,13,15H,1,3-4,6,12,14H2,(H,20,23). The number of sulfonamides is 1. The highest BCUT2D eigenvalue weighted by molar-refractivity contribution is 7.89. The van der Waals surface area contributed by atoms with E-state index in [2.05, 4.69) is 17.0 Å². The zero-order valence-electron chi connectivity index (χ0n) is 14.4. The van der Waals surface area contributed by atoms with Crippen LogP contribution in [0.5, 0.6) is 0 Å². The summed E-state index contributed by atoms with van der Waals surface area (Å²) < 4.78 is 29.1. The summed E-state index contributed by atoms with van der Waals surface area (Å²) in [5, 5.41) is 6.95. The first-order valence-corrected chi connectivity index (χ1v) is 9.98. The average Bonchev–Trinajstić information content (AvgIpc) is 3.08. The third-order valence-electron chi connectivity index (χ3n) is 4.41. The molecular weight excluding hydrogens is 352 g/mol. The lowest BCUT2D eigenvalue weighted by Gasteiger charge is -2.24. The van der Waals surface area contributed by atoms with Gasteiger partial charge in [-0.25, -0.2) is 13.1 Å². The van der Waals surface area contributed by atoms with Crippen molar-refractivity contribution in [1.29, 1.82) is 0 Å². The van der Waals surface area contributed by atoms with Gasteiger partial charge in [0.2, 0.25) is 15.9 Å². The normalized spacial score (nSPS) is 18.8. The highest BCUT2D eigenvalue weighted by Gasteiger charge is 2.29. The van der Waals surface area contributed by atoms with Crippen LogP contribution < -0.4 is 5.32 Å². The lowest BCUT2D eigenvalue weighted by atomic mass is 10.1. The summed E-state index contributed by atoms with van der Waals surface area (Å²) in [6, 6.07) is 8.24. The van der Waals surface area contributed by atoms with Gasteiger partial charge in [0, 0.05) is 31.5 Å². The van der Waals surface area contributed by atoms with Gasteiger partial charge in [-0.3, -0.25) is 4.79 Å². The number of nitrogens with zero attached hydrogens (tertiary/aromatic N) is 3. The largest absolute Gasteiger partial charge is 0.349 e. The molecule has 1 amide bonds. The molecule has 1 saturated heterocycles. The second-order valence-electron chi connectivity index (χ2n) is 6.21. The van der Waals surface area contributed by atoms with Gasteiger partial charge in [0.05, 0.1) is 10.6 Å². The van der Waals surface area contributed by atoms with Crippen LogP contribution >= 0.6 is 0 Å². The van der Waals surface area contributed by atoms with Gasteiger partial charge >= 0.3 is 0 Å². The maximum absolute atomic E-state index is 13.0. The van der Waals surface area contributed by atoms with Gasteiger partial charge in [-0.15, -0.1) is 0 Å². The van der Waals surface area contributed by atoms with Crippen molar-refractivity contribution in [3.8, 4) is 5.69 Å². The summed E-state index contributed by atoms with van der Waals surface area (Å²) in [5.74, 6) is -0.280. The Bertz CT molecular complexity index is 860. The molecule has 1 fully saturated rings. The number of amides is 1. The minimum absolute atomic E-state index is 0.207. The van der Waals surface area contributed by atoms with Crippen LogP contribution in [0.1, 0.15) is 19.3 Å². The molecule has 8 heteroatoms. The van der Waals surface area contributed by atoms with E-state index in [4.69, 9.17) is 0 Å². The Hall–Kier alpha value is -2.45. The molecule has 1 unspecified atom stereocenters. The maximum atomic E-state index is 13.0. The highest BCUT2D eigenvalue weighted by Crippen LogP contribution is 2.21. The molecule has 1 aliphatic heterocycles. The SMILES string of the molecule is C=CC(=O)NC1CCCCN(S(=O)(=O)c2ccc(-n3cccn3)cc2)C1. The second kappa shape index (κ2) is 7.84. The Morgan fingerprint density at radius 1 is 1.27 bits per heavy atom. The van der Waals surface area contributed by atoms with Crippen LogP contribution in [0.4, 0.5) is 0 Å². The number of hydrogen-bond acceptors (Lipinski definition) is 4. The van der Waals surface area contributed by atoms with Gasteiger partial charge in [0.1, 0.15) is 0 Å². The van der Waals surface area contributed by atoms with Crippen LogP contribution in [-0.4, -0.2) is 47.5 Å². The minimum atomic E-state index is -3.62. The van der Waals surface area contributed by atoms with Crippen LogP contribution in [0.25, 0.3) is 5.69 Å². The van der Waals surface area contributed by atoms with Crippen molar-refractivity contribution in [2.45, 2.75) is 30.2 Å². The summed E-state index contributed by atoms with van der Waals surface area (Å²) >= 11 is 0. The van der Waals surface area contributed by atoms with Gasteiger partial charge in [0.15, 0.2) is 0 Å². The van der Waals surface area contributed by atoms with Gasteiger partial charge in [-0.2, -0.15) is 9.40 Å². The lowest BCUT2D eigenvalue weighted by molar-refractivity contribution is -0.117. The first-order chi connectivity index (χ1) is 12.5. The molecule has 26 heavy (non-hydrogen) atoms. The van der Waals surface area contributed by atoms with Crippen molar-refractivity contribution >= 4 is 15.9 Å². The van der Waals surface area contributed by atoms with E-state index in [9.17, 15) is 13.2 Å². The Morgan fingerprint density at radius 3 is 2.69 bits per heavy atom. The molecule has 0 saturated carbocycles. The minimum Gasteiger partial charge on any atom is -0.349 e. The van der Waals surface area contributed by atoms with E-state index in [0.29, 0.717) is 6.54 Å². The Morgan fingerprint density at radius 2 is 2.04 bits per heavy atom. The van der Waals surface area contributed by atoms with Crippen molar-refractivity contribution in [1.82, 2.24) is 19.4 Å². The third-order valence-corrected chi connectivity index (χ3v) is 6.29.